The van der Waals surface area contributed by atoms with Gasteiger partial charge in [0.15, 0.2) is 23.3 Å². The maximum absolute atomic E-state index is 13.7. The summed E-state index contributed by atoms with van der Waals surface area (Å²) < 4.78 is 53.9. The summed E-state index contributed by atoms with van der Waals surface area (Å²) in [7, 11) is 0. The molecule has 1 saturated carbocycles. The van der Waals surface area contributed by atoms with E-state index in [0.29, 0.717) is 5.82 Å². The van der Waals surface area contributed by atoms with Crippen molar-refractivity contribution in [2.75, 3.05) is 11.1 Å². The second-order valence-electron chi connectivity index (χ2n) is 5.72. The minimum Gasteiger partial charge on any atom is -0.368 e. The number of nitrogens with one attached hydrogen (secondary N) is 1. The first kappa shape index (κ1) is 15.4. The molecule has 23 heavy (non-hydrogen) atoms. The third-order valence-electron chi connectivity index (χ3n) is 4.00. The van der Waals surface area contributed by atoms with Gasteiger partial charge in [-0.1, -0.05) is 13.3 Å². The molecule has 0 atom stereocenters. The molecule has 1 aromatic heterocycles. The lowest BCUT2D eigenvalue weighted by molar-refractivity contribution is 0.256. The quantitative estimate of drug-likeness (QED) is 0.669. The zero-order chi connectivity index (χ0) is 16.8. The topological polar surface area (TPSA) is 76.7 Å². The lowest BCUT2D eigenvalue weighted by Gasteiger charge is -2.36. The molecule has 5 nitrogen and oxygen atoms in total. The van der Waals surface area contributed by atoms with E-state index < -0.39 is 29.0 Å². The Bertz CT molecular complexity index is 750. The van der Waals surface area contributed by atoms with Crippen molar-refractivity contribution < 1.29 is 17.6 Å². The van der Waals surface area contributed by atoms with Gasteiger partial charge < -0.3 is 11.1 Å². The Morgan fingerprint density at radius 2 is 1.65 bits per heavy atom. The van der Waals surface area contributed by atoms with E-state index in [1.54, 1.807) is 0 Å². The van der Waals surface area contributed by atoms with Crippen molar-refractivity contribution in [2.45, 2.75) is 31.6 Å². The molecular weight excluding hydrogens is 314 g/mol. The van der Waals surface area contributed by atoms with Crippen molar-refractivity contribution in [1.82, 2.24) is 15.0 Å². The predicted octanol–water partition coefficient (Wildman–Crippen LogP) is 3.20. The van der Waals surface area contributed by atoms with Gasteiger partial charge in [0.2, 0.25) is 11.9 Å². The Morgan fingerprint density at radius 1 is 1.04 bits per heavy atom. The van der Waals surface area contributed by atoms with Crippen molar-refractivity contribution in [3.05, 3.63) is 35.2 Å². The SMILES string of the molecule is CC1(c2nc(N)nc(Nc3c(F)c(F)cc(F)c3F)n2)CCC1. The Morgan fingerprint density at radius 3 is 2.17 bits per heavy atom. The van der Waals surface area contributed by atoms with Gasteiger partial charge in [-0.2, -0.15) is 15.0 Å². The van der Waals surface area contributed by atoms with Crippen LogP contribution >= 0.6 is 0 Å². The molecule has 1 aliphatic rings. The standard InChI is InChI=1S/C14H13F4N5/c1-14(3-2-4-14)11-21-12(19)23-13(22-11)20-10-8(17)6(15)5-7(16)9(10)18/h5H,2-4H2,1H3,(H3,19,20,21,22,23). The van der Waals surface area contributed by atoms with Gasteiger partial charge >= 0.3 is 0 Å². The van der Waals surface area contributed by atoms with Crippen molar-refractivity contribution in [1.29, 1.82) is 0 Å². The Balaban J connectivity index is 2.01. The van der Waals surface area contributed by atoms with Gasteiger partial charge in [-0.15, -0.1) is 0 Å². The number of halogens is 4. The van der Waals surface area contributed by atoms with Crippen LogP contribution < -0.4 is 11.1 Å². The lowest BCUT2D eigenvalue weighted by atomic mass is 9.70. The summed E-state index contributed by atoms with van der Waals surface area (Å²) in [6.07, 6.45) is 2.68. The summed E-state index contributed by atoms with van der Waals surface area (Å²) in [6.45, 7) is 1.93. The van der Waals surface area contributed by atoms with E-state index in [0.717, 1.165) is 19.3 Å². The fourth-order valence-corrected chi connectivity index (χ4v) is 2.44. The Hall–Kier alpha value is -2.45. The highest BCUT2D eigenvalue weighted by Gasteiger charge is 2.37. The molecule has 0 unspecified atom stereocenters. The second-order valence-corrected chi connectivity index (χ2v) is 5.72. The molecule has 0 radical (unpaired) electrons. The average molecular weight is 327 g/mol. The van der Waals surface area contributed by atoms with Crippen LogP contribution in [0.1, 0.15) is 32.0 Å². The second kappa shape index (κ2) is 5.32. The fourth-order valence-electron chi connectivity index (χ4n) is 2.44. The number of benzene rings is 1. The highest BCUT2D eigenvalue weighted by molar-refractivity contribution is 5.56. The number of nitrogens with zero attached hydrogens (tertiary/aromatic N) is 3. The molecular formula is C14H13F4N5. The number of hydrogen-bond acceptors (Lipinski definition) is 5. The Kier molecular flexibility index (Phi) is 3.57. The van der Waals surface area contributed by atoms with E-state index in [-0.39, 0.29) is 23.4 Å². The summed E-state index contributed by atoms with van der Waals surface area (Å²) in [5.74, 6) is -6.25. The van der Waals surface area contributed by atoms with E-state index in [9.17, 15) is 17.6 Å². The molecule has 3 N–H and O–H groups in total. The smallest absolute Gasteiger partial charge is 0.232 e. The molecule has 1 heterocycles. The zero-order valence-corrected chi connectivity index (χ0v) is 12.1. The third kappa shape index (κ3) is 2.66. The highest BCUT2D eigenvalue weighted by Crippen LogP contribution is 2.41. The van der Waals surface area contributed by atoms with Crippen LogP contribution in [0.2, 0.25) is 0 Å². The van der Waals surface area contributed by atoms with E-state index in [4.69, 9.17) is 5.73 Å². The molecule has 1 aromatic carbocycles. The highest BCUT2D eigenvalue weighted by atomic mass is 19.2. The summed E-state index contributed by atoms with van der Waals surface area (Å²) in [4.78, 5) is 11.8. The molecule has 2 aromatic rings. The number of nitrogens with two attached hydrogens (primary N) is 1. The van der Waals surface area contributed by atoms with Crippen LogP contribution in [-0.2, 0) is 5.41 Å². The van der Waals surface area contributed by atoms with Crippen molar-refractivity contribution in [2.24, 2.45) is 0 Å². The van der Waals surface area contributed by atoms with Crippen LogP contribution in [0.15, 0.2) is 6.07 Å². The molecule has 0 spiro atoms. The molecule has 9 heteroatoms. The van der Waals surface area contributed by atoms with Crippen LogP contribution in [0.4, 0.5) is 35.1 Å². The molecule has 1 fully saturated rings. The van der Waals surface area contributed by atoms with Crippen molar-refractivity contribution >= 4 is 17.6 Å². The number of rotatable bonds is 3. The molecule has 0 amide bonds. The van der Waals surface area contributed by atoms with Crippen LogP contribution in [0.25, 0.3) is 0 Å². The summed E-state index contributed by atoms with van der Waals surface area (Å²) in [5.41, 5.74) is 4.28. The largest absolute Gasteiger partial charge is 0.368 e. The maximum Gasteiger partial charge on any atom is 0.232 e. The van der Waals surface area contributed by atoms with Crippen LogP contribution in [0, 0.1) is 23.3 Å². The van der Waals surface area contributed by atoms with Crippen LogP contribution in [0.3, 0.4) is 0 Å². The lowest BCUT2D eigenvalue weighted by Crippen LogP contribution is -2.33. The van der Waals surface area contributed by atoms with E-state index in [1.165, 1.54) is 0 Å². The molecule has 0 aliphatic heterocycles. The van der Waals surface area contributed by atoms with E-state index in [1.807, 2.05) is 6.92 Å². The minimum atomic E-state index is -1.57. The minimum absolute atomic E-state index is 0.123. The van der Waals surface area contributed by atoms with Gasteiger partial charge in [0.05, 0.1) is 0 Å². The van der Waals surface area contributed by atoms with Gasteiger partial charge in [-0.25, -0.2) is 17.6 Å². The maximum atomic E-state index is 13.7. The summed E-state index contributed by atoms with van der Waals surface area (Å²) in [6, 6.07) is 0.123. The predicted molar refractivity (Wildman–Crippen MR) is 75.0 cm³/mol. The average Bonchev–Trinajstić information content (AvgIpc) is 2.46. The summed E-state index contributed by atoms with van der Waals surface area (Å²) in [5, 5.41) is 2.15. The van der Waals surface area contributed by atoms with E-state index >= 15 is 0 Å². The van der Waals surface area contributed by atoms with Crippen LogP contribution in [-0.4, -0.2) is 15.0 Å². The molecule has 0 bridgehead atoms. The molecule has 3 rings (SSSR count). The van der Waals surface area contributed by atoms with E-state index in [2.05, 4.69) is 20.3 Å². The van der Waals surface area contributed by atoms with Gasteiger partial charge in [0.25, 0.3) is 0 Å². The first-order valence-electron chi connectivity index (χ1n) is 6.92. The Labute approximate surface area is 129 Å². The first-order chi connectivity index (χ1) is 10.8. The summed E-state index contributed by atoms with van der Waals surface area (Å²) >= 11 is 0. The molecule has 122 valence electrons. The number of aromatic nitrogens is 3. The van der Waals surface area contributed by atoms with Gasteiger partial charge in [0.1, 0.15) is 11.5 Å². The van der Waals surface area contributed by atoms with Gasteiger partial charge in [0, 0.05) is 11.5 Å². The number of anilines is 3. The molecule has 1 aliphatic carbocycles. The van der Waals surface area contributed by atoms with Gasteiger partial charge in [-0.05, 0) is 12.8 Å². The normalized spacial score (nSPS) is 16.0. The van der Waals surface area contributed by atoms with Crippen molar-refractivity contribution in [3.8, 4) is 0 Å². The van der Waals surface area contributed by atoms with Crippen molar-refractivity contribution in [3.63, 3.8) is 0 Å². The van der Waals surface area contributed by atoms with Gasteiger partial charge in [-0.3, -0.25) is 0 Å². The molecule has 0 saturated heterocycles. The number of nitrogen functional groups attached to an aromatic ring is 1. The first-order valence-corrected chi connectivity index (χ1v) is 6.92. The fraction of sp³-hybridized carbons (Fsp3) is 0.357. The third-order valence-corrected chi connectivity index (χ3v) is 4.00. The van der Waals surface area contributed by atoms with Crippen LogP contribution in [0.5, 0.6) is 0 Å². The zero-order valence-electron chi connectivity index (χ0n) is 12.1. The number of hydrogen-bond donors (Lipinski definition) is 2. The monoisotopic (exact) mass is 327 g/mol.